The topological polar surface area (TPSA) is 133 Å². The molecule has 3 aromatic carbocycles. The quantitative estimate of drug-likeness (QED) is 0.339. The van der Waals surface area contributed by atoms with Gasteiger partial charge >= 0.3 is 0 Å². The molecule has 164 valence electrons. The molecule has 10 heteroatoms. The number of nitrogens with one attached hydrogen (secondary N) is 2. The number of nitro benzene ring substituents is 1. The van der Waals surface area contributed by atoms with Gasteiger partial charge in [0.2, 0.25) is 12.6 Å². The molecule has 4 aromatic rings. The zero-order chi connectivity index (χ0) is 22.9. The molecule has 0 unspecified atom stereocenters. The Hall–Kier alpha value is -4.86. The number of non-ortho nitro benzene ring substituents is 1. The minimum Gasteiger partial charge on any atom is -0.454 e. The molecule has 0 atom stereocenters. The highest BCUT2D eigenvalue weighted by atomic mass is 16.7. The van der Waals surface area contributed by atoms with Crippen molar-refractivity contribution in [2.24, 2.45) is 0 Å². The van der Waals surface area contributed by atoms with E-state index < -0.39 is 16.7 Å². The van der Waals surface area contributed by atoms with Crippen LogP contribution in [0.15, 0.2) is 71.1 Å². The third kappa shape index (κ3) is 3.81. The molecular formula is C23H15N3O7. The zero-order valence-corrected chi connectivity index (χ0v) is 16.9. The van der Waals surface area contributed by atoms with Crippen LogP contribution >= 0.6 is 0 Å². The molecule has 0 aliphatic carbocycles. The van der Waals surface area contributed by atoms with Gasteiger partial charge in [-0.05, 0) is 30.3 Å². The van der Waals surface area contributed by atoms with E-state index in [1.54, 1.807) is 42.5 Å². The lowest BCUT2D eigenvalue weighted by molar-refractivity contribution is -0.384. The summed E-state index contributed by atoms with van der Waals surface area (Å²) in [5.74, 6) is -0.271. The third-order valence-corrected chi connectivity index (χ3v) is 4.99. The van der Waals surface area contributed by atoms with Crippen LogP contribution in [0.4, 0.5) is 17.1 Å². The normalized spacial score (nSPS) is 11.9. The maximum atomic E-state index is 13.0. The summed E-state index contributed by atoms with van der Waals surface area (Å²) < 4.78 is 16.3. The number of rotatable bonds is 5. The number of amides is 2. The number of nitro groups is 1. The zero-order valence-electron chi connectivity index (χ0n) is 16.9. The molecule has 0 fully saturated rings. The fourth-order valence-electron chi connectivity index (χ4n) is 3.44. The minimum atomic E-state index is -0.623. The van der Waals surface area contributed by atoms with E-state index in [1.165, 1.54) is 18.2 Å². The number of hydrogen-bond acceptors (Lipinski definition) is 7. The molecule has 0 saturated carbocycles. The molecule has 2 amide bonds. The lowest BCUT2D eigenvalue weighted by Crippen LogP contribution is -2.17. The Morgan fingerprint density at radius 3 is 2.55 bits per heavy atom. The fourth-order valence-corrected chi connectivity index (χ4v) is 3.44. The van der Waals surface area contributed by atoms with E-state index in [-0.39, 0.29) is 29.5 Å². The maximum absolute atomic E-state index is 13.0. The highest BCUT2D eigenvalue weighted by Gasteiger charge is 2.24. The number of nitrogens with zero attached hydrogens (tertiary/aromatic N) is 1. The average molecular weight is 445 g/mol. The smallest absolute Gasteiger partial charge is 0.293 e. The van der Waals surface area contributed by atoms with Crippen LogP contribution in [0, 0.1) is 10.1 Å². The van der Waals surface area contributed by atoms with Gasteiger partial charge in [-0.25, -0.2) is 0 Å². The number of hydrogen-bond donors (Lipinski definition) is 2. The highest BCUT2D eigenvalue weighted by Crippen LogP contribution is 2.35. The SMILES string of the molecule is O=C(Nc1c(C(=O)Nc2ccc3c(c2)OCO3)oc2ccccc12)c1cccc([N+](=O)[O-])c1. The van der Waals surface area contributed by atoms with Gasteiger partial charge < -0.3 is 24.5 Å². The fraction of sp³-hybridized carbons (Fsp3) is 0.0435. The lowest BCUT2D eigenvalue weighted by atomic mass is 10.1. The van der Waals surface area contributed by atoms with Gasteiger partial charge in [-0.1, -0.05) is 18.2 Å². The van der Waals surface area contributed by atoms with Crippen molar-refractivity contribution in [2.45, 2.75) is 0 Å². The number of benzene rings is 3. The van der Waals surface area contributed by atoms with Gasteiger partial charge in [-0.2, -0.15) is 0 Å². The van der Waals surface area contributed by atoms with Crippen molar-refractivity contribution in [2.75, 3.05) is 17.4 Å². The van der Waals surface area contributed by atoms with Crippen LogP contribution in [0.25, 0.3) is 11.0 Å². The van der Waals surface area contributed by atoms with Crippen LogP contribution in [0.2, 0.25) is 0 Å². The van der Waals surface area contributed by atoms with Gasteiger partial charge in [0.15, 0.2) is 11.5 Å². The van der Waals surface area contributed by atoms with Crippen molar-refractivity contribution in [1.29, 1.82) is 0 Å². The first-order valence-electron chi connectivity index (χ1n) is 9.78. The summed E-state index contributed by atoms with van der Waals surface area (Å²) in [5.41, 5.74) is 0.834. The summed E-state index contributed by atoms with van der Waals surface area (Å²) in [4.78, 5) is 36.4. The standard InChI is InChI=1S/C23H15N3O7/c27-22(13-4-3-5-15(10-13)26(29)30)25-20-16-6-1-2-7-17(16)33-21(20)23(28)24-14-8-9-18-19(11-14)32-12-31-18/h1-11H,12H2,(H,24,28)(H,25,27). The molecule has 33 heavy (non-hydrogen) atoms. The maximum Gasteiger partial charge on any atom is 0.293 e. The first-order chi connectivity index (χ1) is 16.0. The second-order valence-corrected chi connectivity index (χ2v) is 7.09. The molecule has 0 radical (unpaired) electrons. The van der Waals surface area contributed by atoms with Gasteiger partial charge in [-0.3, -0.25) is 19.7 Å². The first-order valence-corrected chi connectivity index (χ1v) is 9.78. The molecule has 0 saturated heterocycles. The summed E-state index contributed by atoms with van der Waals surface area (Å²) in [6, 6.07) is 17.1. The summed E-state index contributed by atoms with van der Waals surface area (Å²) in [5, 5.41) is 16.9. The minimum absolute atomic E-state index is 0.0663. The van der Waals surface area contributed by atoms with Gasteiger partial charge in [0.25, 0.3) is 17.5 Å². The van der Waals surface area contributed by atoms with Crippen LogP contribution in [0.5, 0.6) is 11.5 Å². The number of ether oxygens (including phenoxy) is 2. The van der Waals surface area contributed by atoms with E-state index in [1.807, 2.05) is 0 Å². The Balaban J connectivity index is 1.47. The number of anilines is 2. The first kappa shape index (κ1) is 20.1. The van der Waals surface area contributed by atoms with E-state index in [2.05, 4.69) is 10.6 Å². The Morgan fingerprint density at radius 1 is 0.879 bits per heavy atom. The van der Waals surface area contributed by atoms with Gasteiger partial charge in [0, 0.05) is 34.8 Å². The number of furan rings is 1. The monoisotopic (exact) mass is 445 g/mol. The van der Waals surface area contributed by atoms with E-state index in [0.29, 0.717) is 28.2 Å². The van der Waals surface area contributed by atoms with Crippen molar-refractivity contribution in [3.8, 4) is 11.5 Å². The summed E-state index contributed by atoms with van der Waals surface area (Å²) >= 11 is 0. The molecule has 1 aliphatic rings. The molecule has 1 aliphatic heterocycles. The van der Waals surface area contributed by atoms with Gasteiger partial charge in [-0.15, -0.1) is 0 Å². The lowest BCUT2D eigenvalue weighted by Gasteiger charge is -2.08. The van der Waals surface area contributed by atoms with Crippen LogP contribution < -0.4 is 20.1 Å². The van der Waals surface area contributed by atoms with Gasteiger partial charge in [0.1, 0.15) is 11.3 Å². The Labute approximate surface area is 185 Å². The van der Waals surface area contributed by atoms with Crippen LogP contribution in [0.3, 0.4) is 0 Å². The number of carbonyl (C=O) groups is 2. The molecule has 0 bridgehead atoms. The molecule has 2 heterocycles. The Bertz CT molecular complexity index is 1430. The van der Waals surface area contributed by atoms with E-state index in [4.69, 9.17) is 13.9 Å². The van der Waals surface area contributed by atoms with Crippen LogP contribution in [-0.4, -0.2) is 23.5 Å². The average Bonchev–Trinajstić information content (AvgIpc) is 3.43. The summed E-state index contributed by atoms with van der Waals surface area (Å²) in [6.07, 6.45) is 0. The third-order valence-electron chi connectivity index (χ3n) is 4.99. The van der Waals surface area contributed by atoms with Crippen molar-refractivity contribution in [1.82, 2.24) is 0 Å². The Kier molecular flexibility index (Phi) is 4.87. The highest BCUT2D eigenvalue weighted by molar-refractivity contribution is 6.17. The van der Waals surface area contributed by atoms with E-state index in [9.17, 15) is 19.7 Å². The molecule has 1 aromatic heterocycles. The number of para-hydroxylation sites is 1. The molecule has 5 rings (SSSR count). The van der Waals surface area contributed by atoms with Crippen molar-refractivity contribution in [3.05, 3.63) is 88.2 Å². The van der Waals surface area contributed by atoms with Crippen molar-refractivity contribution < 1.29 is 28.4 Å². The Morgan fingerprint density at radius 2 is 1.70 bits per heavy atom. The molecular weight excluding hydrogens is 430 g/mol. The summed E-state index contributed by atoms with van der Waals surface area (Å²) in [6.45, 7) is 0.101. The van der Waals surface area contributed by atoms with Crippen molar-refractivity contribution >= 4 is 39.8 Å². The predicted molar refractivity (Wildman–Crippen MR) is 118 cm³/mol. The molecule has 10 nitrogen and oxygen atoms in total. The summed E-state index contributed by atoms with van der Waals surface area (Å²) in [7, 11) is 0. The van der Waals surface area contributed by atoms with Crippen molar-refractivity contribution in [3.63, 3.8) is 0 Å². The molecule has 2 N–H and O–H groups in total. The molecule has 0 spiro atoms. The van der Waals surface area contributed by atoms with Crippen LogP contribution in [0.1, 0.15) is 20.9 Å². The number of fused-ring (bicyclic) bond motifs is 2. The van der Waals surface area contributed by atoms with E-state index in [0.717, 1.165) is 6.07 Å². The second-order valence-electron chi connectivity index (χ2n) is 7.09. The number of carbonyl (C=O) groups excluding carboxylic acids is 2. The largest absolute Gasteiger partial charge is 0.454 e. The van der Waals surface area contributed by atoms with Gasteiger partial charge in [0.05, 0.1) is 4.92 Å². The van der Waals surface area contributed by atoms with E-state index >= 15 is 0 Å². The van der Waals surface area contributed by atoms with Crippen LogP contribution in [-0.2, 0) is 0 Å². The predicted octanol–water partition coefficient (Wildman–Crippen LogP) is 4.57. The second kappa shape index (κ2) is 8.00.